The molecule has 2 rings (SSSR count). The molecular weight excluding hydrogens is 504 g/mol. The van der Waals surface area contributed by atoms with Crippen LogP contribution in [0.3, 0.4) is 0 Å². The summed E-state index contributed by atoms with van der Waals surface area (Å²) < 4.78 is 5.50. The molecule has 0 aliphatic carbocycles. The van der Waals surface area contributed by atoms with Crippen molar-refractivity contribution in [2.24, 2.45) is 4.99 Å². The molecule has 0 atom stereocenters. The van der Waals surface area contributed by atoms with Gasteiger partial charge in [0.25, 0.3) is 5.91 Å². The van der Waals surface area contributed by atoms with E-state index in [0.29, 0.717) is 47.1 Å². The van der Waals surface area contributed by atoms with Gasteiger partial charge in [-0.1, -0.05) is 23.2 Å². The van der Waals surface area contributed by atoms with Gasteiger partial charge in [-0.15, -0.1) is 24.0 Å². The maximum atomic E-state index is 12.1. The minimum atomic E-state index is -0.223. The van der Waals surface area contributed by atoms with Gasteiger partial charge in [0, 0.05) is 25.7 Å². The predicted molar refractivity (Wildman–Crippen MR) is 118 cm³/mol. The van der Waals surface area contributed by atoms with E-state index in [0.717, 1.165) is 11.5 Å². The van der Waals surface area contributed by atoms with E-state index in [-0.39, 0.29) is 29.9 Å². The summed E-state index contributed by atoms with van der Waals surface area (Å²) in [6.45, 7) is 5.10. The molecule has 0 unspecified atom stereocenters. The molecule has 0 bridgehead atoms. The van der Waals surface area contributed by atoms with Crippen molar-refractivity contribution in [2.45, 2.75) is 20.4 Å². The summed E-state index contributed by atoms with van der Waals surface area (Å²) in [6.07, 6.45) is 0. The number of carbonyl (C=O) groups excluding carboxylic acids is 1. The fraction of sp³-hybridized carbons (Fsp3) is 0.353. The zero-order valence-corrected chi connectivity index (χ0v) is 19.1. The normalized spacial score (nSPS) is 10.9. The Balaban J connectivity index is 0.00000364. The summed E-state index contributed by atoms with van der Waals surface area (Å²) in [7, 11) is 1.66. The van der Waals surface area contributed by atoms with E-state index in [9.17, 15) is 4.79 Å². The topological polar surface area (TPSA) is 91.5 Å². The first-order valence-corrected chi connectivity index (χ1v) is 8.77. The zero-order chi connectivity index (χ0) is 19.1. The summed E-state index contributed by atoms with van der Waals surface area (Å²) in [5, 5.41) is 9.75. The van der Waals surface area contributed by atoms with E-state index in [4.69, 9.17) is 27.6 Å². The molecule has 3 N–H and O–H groups in total. The fourth-order valence-corrected chi connectivity index (χ4v) is 2.39. The van der Waals surface area contributed by atoms with E-state index in [1.165, 1.54) is 6.07 Å². The number of aliphatic imine (C=N–C) groups is 1. The van der Waals surface area contributed by atoms with E-state index in [1.807, 2.05) is 13.8 Å². The number of oxazole rings is 1. The second-order valence-corrected chi connectivity index (χ2v) is 6.30. The Morgan fingerprint density at radius 3 is 2.44 bits per heavy atom. The number of benzene rings is 1. The third-order valence-corrected chi connectivity index (χ3v) is 4.33. The van der Waals surface area contributed by atoms with Crippen LogP contribution in [0.1, 0.15) is 27.7 Å². The zero-order valence-electron chi connectivity index (χ0n) is 15.2. The first-order chi connectivity index (χ1) is 12.4. The Morgan fingerprint density at radius 2 is 1.85 bits per heavy atom. The maximum absolute atomic E-state index is 12.1. The summed E-state index contributed by atoms with van der Waals surface area (Å²) in [4.78, 5) is 20.5. The summed E-state index contributed by atoms with van der Waals surface area (Å²) in [5.74, 6) is 1.76. The average Bonchev–Trinajstić information content (AvgIpc) is 2.94. The highest BCUT2D eigenvalue weighted by atomic mass is 127. The van der Waals surface area contributed by atoms with Gasteiger partial charge in [-0.3, -0.25) is 9.79 Å². The molecule has 7 nitrogen and oxygen atoms in total. The van der Waals surface area contributed by atoms with Gasteiger partial charge in [-0.25, -0.2) is 4.98 Å². The number of aryl methyl sites for hydroxylation is 2. The quantitative estimate of drug-likeness (QED) is 0.233. The molecule has 148 valence electrons. The average molecular weight is 526 g/mol. The SMILES string of the molecule is CN=C(NCCNC(=O)c1ccc(Cl)c(Cl)c1)NCc1nc(C)c(C)o1.I. The van der Waals surface area contributed by atoms with Crippen molar-refractivity contribution in [2.75, 3.05) is 20.1 Å². The number of amides is 1. The number of hydrogen-bond donors (Lipinski definition) is 3. The lowest BCUT2D eigenvalue weighted by Gasteiger charge is -2.11. The van der Waals surface area contributed by atoms with Crippen molar-refractivity contribution in [3.8, 4) is 0 Å². The molecule has 1 amide bonds. The second-order valence-electron chi connectivity index (χ2n) is 5.49. The lowest BCUT2D eigenvalue weighted by atomic mass is 10.2. The lowest BCUT2D eigenvalue weighted by molar-refractivity contribution is 0.0954. The van der Waals surface area contributed by atoms with Crippen LogP contribution in [0, 0.1) is 13.8 Å². The number of nitrogens with zero attached hydrogens (tertiary/aromatic N) is 2. The van der Waals surface area contributed by atoms with Crippen molar-refractivity contribution in [1.82, 2.24) is 20.9 Å². The van der Waals surface area contributed by atoms with Crippen molar-refractivity contribution >= 4 is 59.0 Å². The van der Waals surface area contributed by atoms with Crippen LogP contribution in [-0.4, -0.2) is 37.0 Å². The highest BCUT2D eigenvalue weighted by Crippen LogP contribution is 2.22. The molecule has 2 aromatic rings. The maximum Gasteiger partial charge on any atom is 0.251 e. The number of aromatic nitrogens is 1. The molecule has 0 saturated carbocycles. The molecule has 0 spiro atoms. The molecule has 27 heavy (non-hydrogen) atoms. The van der Waals surface area contributed by atoms with Gasteiger partial charge < -0.3 is 20.4 Å². The fourth-order valence-electron chi connectivity index (χ4n) is 2.09. The van der Waals surface area contributed by atoms with Gasteiger partial charge in [0.1, 0.15) is 5.76 Å². The number of carbonyl (C=O) groups is 1. The number of halogens is 3. The monoisotopic (exact) mass is 525 g/mol. The second kappa shape index (κ2) is 11.4. The predicted octanol–water partition coefficient (Wildman–Crippen LogP) is 3.31. The molecule has 10 heteroatoms. The molecule has 1 aromatic carbocycles. The molecule has 0 saturated heterocycles. The Bertz CT molecular complexity index is 791. The summed E-state index contributed by atoms with van der Waals surface area (Å²) >= 11 is 11.8. The third-order valence-electron chi connectivity index (χ3n) is 3.59. The molecule has 0 radical (unpaired) electrons. The van der Waals surface area contributed by atoms with Gasteiger partial charge in [0.15, 0.2) is 5.96 Å². The number of rotatable bonds is 6. The van der Waals surface area contributed by atoms with Crippen LogP contribution in [0.2, 0.25) is 10.0 Å². The molecule has 0 aliphatic heterocycles. The van der Waals surface area contributed by atoms with Crippen molar-refractivity contribution < 1.29 is 9.21 Å². The van der Waals surface area contributed by atoms with Crippen LogP contribution < -0.4 is 16.0 Å². The third kappa shape index (κ3) is 7.19. The van der Waals surface area contributed by atoms with Crippen LogP contribution in [0.15, 0.2) is 27.6 Å². The molecule has 0 fully saturated rings. The van der Waals surface area contributed by atoms with Crippen LogP contribution in [-0.2, 0) is 6.54 Å². The van der Waals surface area contributed by atoms with Crippen LogP contribution >= 0.6 is 47.2 Å². The molecule has 1 heterocycles. The van der Waals surface area contributed by atoms with E-state index in [1.54, 1.807) is 19.2 Å². The highest BCUT2D eigenvalue weighted by molar-refractivity contribution is 14.0. The van der Waals surface area contributed by atoms with Crippen LogP contribution in [0.5, 0.6) is 0 Å². The molecule has 0 aliphatic rings. The minimum absolute atomic E-state index is 0. The number of hydrogen-bond acceptors (Lipinski definition) is 4. The van der Waals surface area contributed by atoms with Gasteiger partial charge in [-0.05, 0) is 32.0 Å². The van der Waals surface area contributed by atoms with Crippen molar-refractivity contribution in [3.63, 3.8) is 0 Å². The number of guanidine groups is 1. The lowest BCUT2D eigenvalue weighted by Crippen LogP contribution is -2.41. The Labute approximate surface area is 185 Å². The van der Waals surface area contributed by atoms with Crippen LogP contribution in [0.4, 0.5) is 0 Å². The van der Waals surface area contributed by atoms with Gasteiger partial charge >= 0.3 is 0 Å². The largest absolute Gasteiger partial charge is 0.444 e. The van der Waals surface area contributed by atoms with E-state index >= 15 is 0 Å². The van der Waals surface area contributed by atoms with Gasteiger partial charge in [0.2, 0.25) is 5.89 Å². The van der Waals surface area contributed by atoms with Crippen molar-refractivity contribution in [1.29, 1.82) is 0 Å². The highest BCUT2D eigenvalue weighted by Gasteiger charge is 2.08. The first kappa shape index (κ1) is 23.5. The minimum Gasteiger partial charge on any atom is -0.444 e. The Kier molecular flexibility index (Phi) is 9.89. The summed E-state index contributed by atoms with van der Waals surface area (Å²) in [6, 6.07) is 4.75. The number of nitrogens with one attached hydrogen (secondary N) is 3. The molecular formula is C17H22Cl2IN5O2. The molecule has 1 aromatic heterocycles. The smallest absolute Gasteiger partial charge is 0.251 e. The van der Waals surface area contributed by atoms with Crippen molar-refractivity contribution in [3.05, 3.63) is 51.2 Å². The van der Waals surface area contributed by atoms with Gasteiger partial charge in [0.05, 0.1) is 22.3 Å². The van der Waals surface area contributed by atoms with Gasteiger partial charge in [-0.2, -0.15) is 0 Å². The van der Waals surface area contributed by atoms with E-state index < -0.39 is 0 Å². The Morgan fingerprint density at radius 1 is 1.15 bits per heavy atom. The summed E-state index contributed by atoms with van der Waals surface area (Å²) in [5.41, 5.74) is 1.33. The Hall–Kier alpha value is -1.52. The van der Waals surface area contributed by atoms with Crippen LogP contribution in [0.25, 0.3) is 0 Å². The van der Waals surface area contributed by atoms with E-state index in [2.05, 4.69) is 25.9 Å². The standard InChI is InChI=1S/C17H21Cl2N5O2.HI/c1-10-11(2)26-15(24-10)9-23-17(20-3)22-7-6-21-16(25)12-4-5-13(18)14(19)8-12;/h4-5,8H,6-7,9H2,1-3H3,(H,21,25)(H2,20,22,23);1H. The first-order valence-electron chi connectivity index (χ1n) is 8.01.